The number of aryl methyl sites for hydroxylation is 2. The van der Waals surface area contributed by atoms with Crippen molar-refractivity contribution in [2.45, 2.75) is 19.8 Å². The number of carbonyl (C=O) groups is 1. The zero-order chi connectivity index (χ0) is 25.7. The smallest absolute Gasteiger partial charge is 0.349 e. The molecule has 0 amide bonds. The Morgan fingerprint density at radius 3 is 2.56 bits per heavy atom. The number of ether oxygens (including phenoxy) is 4. The number of carbonyl (C=O) groups excluding carboxylic acids is 1. The Morgan fingerprint density at radius 1 is 1.08 bits per heavy atom. The molecular weight excluding hydrogens is 456 g/mol. The van der Waals surface area contributed by atoms with Crippen LogP contribution < -0.4 is 24.7 Å². The lowest BCUT2D eigenvalue weighted by molar-refractivity contribution is -0.136. The number of esters is 1. The summed E-state index contributed by atoms with van der Waals surface area (Å²) in [4.78, 5) is 12.5. The molecule has 1 atom stereocenters. The average molecular weight is 483 g/mol. The van der Waals surface area contributed by atoms with Crippen LogP contribution in [-0.4, -0.2) is 19.2 Å². The Morgan fingerprint density at radius 2 is 1.83 bits per heavy atom. The molecule has 4 rings (SSSR count). The highest BCUT2D eigenvalue weighted by Crippen LogP contribution is 2.44. The lowest BCUT2D eigenvalue weighted by Crippen LogP contribution is -2.22. The van der Waals surface area contributed by atoms with Crippen LogP contribution in [0.15, 0.2) is 84.8 Å². The van der Waals surface area contributed by atoms with Crippen LogP contribution in [0.25, 0.3) is 0 Å². The van der Waals surface area contributed by atoms with E-state index >= 15 is 0 Å². The van der Waals surface area contributed by atoms with Crippen molar-refractivity contribution in [2.75, 3.05) is 13.2 Å². The van der Waals surface area contributed by atoms with Crippen LogP contribution in [0.5, 0.6) is 23.0 Å². The maximum absolute atomic E-state index is 12.5. The number of nitrogens with two attached hydrogens (primary N) is 1. The van der Waals surface area contributed by atoms with E-state index in [9.17, 15) is 10.1 Å². The lowest BCUT2D eigenvalue weighted by Gasteiger charge is -2.27. The van der Waals surface area contributed by atoms with Gasteiger partial charge in [0.1, 0.15) is 41.2 Å². The largest absolute Gasteiger partial charge is 0.490 e. The van der Waals surface area contributed by atoms with Gasteiger partial charge >= 0.3 is 5.97 Å². The molecule has 0 saturated heterocycles. The van der Waals surface area contributed by atoms with Gasteiger partial charge in [0, 0.05) is 11.6 Å². The summed E-state index contributed by atoms with van der Waals surface area (Å²) < 4.78 is 22.6. The molecule has 0 bridgehead atoms. The fourth-order valence-electron chi connectivity index (χ4n) is 4.10. The van der Waals surface area contributed by atoms with E-state index in [1.165, 1.54) is 0 Å². The Labute approximate surface area is 210 Å². The topological polar surface area (TPSA) is 104 Å². The predicted octanol–water partition coefficient (Wildman–Crippen LogP) is 5.07. The number of nitriles is 1. The number of hydrogen-bond donors (Lipinski definition) is 1. The number of nitrogens with zero attached hydrogens (tertiary/aromatic N) is 1. The van der Waals surface area contributed by atoms with Gasteiger partial charge in [0.2, 0.25) is 5.88 Å². The van der Waals surface area contributed by atoms with E-state index in [0.29, 0.717) is 29.4 Å². The first-order valence-electron chi connectivity index (χ1n) is 11.4. The summed E-state index contributed by atoms with van der Waals surface area (Å²) >= 11 is 0. The Bertz CT molecular complexity index is 1370. The number of allylic oxidation sites excluding steroid dienone is 1. The summed E-state index contributed by atoms with van der Waals surface area (Å²) in [6.07, 6.45) is 1.66. The summed E-state index contributed by atoms with van der Waals surface area (Å²) in [7, 11) is 0. The molecule has 182 valence electrons. The van der Waals surface area contributed by atoms with Crippen molar-refractivity contribution in [3.8, 4) is 29.1 Å². The van der Waals surface area contributed by atoms with Gasteiger partial charge in [-0.1, -0.05) is 49.1 Å². The van der Waals surface area contributed by atoms with E-state index in [2.05, 4.69) is 12.6 Å². The van der Waals surface area contributed by atoms with E-state index < -0.39 is 11.9 Å². The molecule has 0 radical (unpaired) electrons. The monoisotopic (exact) mass is 482 g/mol. The minimum absolute atomic E-state index is 0.00532. The number of hydrogen-bond acceptors (Lipinski definition) is 7. The highest BCUT2D eigenvalue weighted by molar-refractivity contribution is 5.74. The first-order chi connectivity index (χ1) is 17.4. The van der Waals surface area contributed by atoms with Crippen molar-refractivity contribution in [3.05, 3.63) is 107 Å². The molecular formula is C29H26N2O5. The van der Waals surface area contributed by atoms with Crippen molar-refractivity contribution >= 4 is 5.97 Å². The molecule has 1 unspecified atom stereocenters. The normalized spacial score (nSPS) is 14.2. The van der Waals surface area contributed by atoms with Crippen LogP contribution in [0.2, 0.25) is 0 Å². The van der Waals surface area contributed by atoms with Crippen LogP contribution in [0.1, 0.15) is 28.2 Å². The first kappa shape index (κ1) is 24.4. The van der Waals surface area contributed by atoms with E-state index in [4.69, 9.17) is 24.7 Å². The van der Waals surface area contributed by atoms with E-state index in [-0.39, 0.29) is 23.8 Å². The summed E-state index contributed by atoms with van der Waals surface area (Å²) in [5.41, 5.74) is 9.79. The zero-order valence-corrected chi connectivity index (χ0v) is 20.1. The maximum Gasteiger partial charge on any atom is 0.349 e. The highest BCUT2D eigenvalue weighted by Gasteiger charge is 2.31. The van der Waals surface area contributed by atoms with Gasteiger partial charge in [0.25, 0.3) is 0 Å². The third-order valence-electron chi connectivity index (χ3n) is 5.72. The van der Waals surface area contributed by atoms with Crippen molar-refractivity contribution in [1.29, 1.82) is 5.26 Å². The minimum Gasteiger partial charge on any atom is -0.490 e. The van der Waals surface area contributed by atoms with Crippen molar-refractivity contribution < 1.29 is 23.7 Å². The maximum atomic E-state index is 12.5. The van der Waals surface area contributed by atoms with Crippen molar-refractivity contribution in [3.63, 3.8) is 0 Å². The zero-order valence-electron chi connectivity index (χ0n) is 20.1. The second-order valence-corrected chi connectivity index (χ2v) is 8.28. The van der Waals surface area contributed by atoms with Crippen LogP contribution in [0.3, 0.4) is 0 Å². The average Bonchev–Trinajstić information content (AvgIpc) is 2.86. The molecule has 0 aromatic heterocycles. The molecule has 1 heterocycles. The third-order valence-corrected chi connectivity index (χ3v) is 5.72. The van der Waals surface area contributed by atoms with Gasteiger partial charge in [-0.2, -0.15) is 5.26 Å². The molecule has 7 nitrogen and oxygen atoms in total. The summed E-state index contributed by atoms with van der Waals surface area (Å²) in [6, 6.07) is 20.3. The molecule has 1 aliphatic heterocycles. The molecule has 0 spiro atoms. The Kier molecular flexibility index (Phi) is 7.26. The molecule has 36 heavy (non-hydrogen) atoms. The van der Waals surface area contributed by atoms with E-state index in [1.54, 1.807) is 24.3 Å². The Balaban J connectivity index is 1.56. The summed E-state index contributed by atoms with van der Waals surface area (Å²) in [5.74, 6) is 0.947. The van der Waals surface area contributed by atoms with Gasteiger partial charge in [-0.05, 0) is 48.7 Å². The lowest BCUT2D eigenvalue weighted by atomic mass is 9.83. The summed E-state index contributed by atoms with van der Waals surface area (Å²) in [5, 5.41) is 9.80. The molecule has 1 aliphatic rings. The van der Waals surface area contributed by atoms with Gasteiger partial charge in [-0.15, -0.1) is 0 Å². The van der Waals surface area contributed by atoms with Gasteiger partial charge in [0.15, 0.2) is 6.61 Å². The highest BCUT2D eigenvalue weighted by atomic mass is 16.6. The second-order valence-electron chi connectivity index (χ2n) is 8.28. The fourth-order valence-corrected chi connectivity index (χ4v) is 4.10. The summed E-state index contributed by atoms with van der Waals surface area (Å²) in [6.45, 7) is 7.61. The minimum atomic E-state index is -0.557. The number of para-hydroxylation sites is 1. The molecule has 0 aliphatic carbocycles. The van der Waals surface area contributed by atoms with Crippen LogP contribution in [0.4, 0.5) is 0 Å². The number of benzene rings is 3. The van der Waals surface area contributed by atoms with Crippen LogP contribution in [-0.2, 0) is 4.79 Å². The van der Waals surface area contributed by atoms with Crippen LogP contribution in [0, 0.1) is 25.2 Å². The molecule has 0 fully saturated rings. The van der Waals surface area contributed by atoms with Crippen molar-refractivity contribution in [2.24, 2.45) is 5.73 Å². The Hall–Kier alpha value is -4.70. The standard InChI is InChI=1S/C29H26N2O5/c1-4-13-33-21-10-6-9-20(14-21)27-23-12-11-22(15-25(23)36-29(31)24(27)16-30)35-26(32)17-34-28-18(2)7-5-8-19(28)3/h4-12,14-15,27H,1,13,17,31H2,2-3H3. The number of fused-ring (bicyclic) bond motifs is 1. The second kappa shape index (κ2) is 10.7. The molecule has 2 N–H and O–H groups in total. The van der Waals surface area contributed by atoms with E-state index in [1.807, 2.05) is 56.3 Å². The third kappa shape index (κ3) is 5.18. The quantitative estimate of drug-likeness (QED) is 0.272. The molecule has 3 aromatic rings. The fraction of sp³-hybridized carbons (Fsp3) is 0.172. The van der Waals surface area contributed by atoms with Crippen LogP contribution >= 0.6 is 0 Å². The number of rotatable bonds is 8. The van der Waals surface area contributed by atoms with E-state index in [0.717, 1.165) is 16.7 Å². The van der Waals surface area contributed by atoms with Gasteiger partial charge < -0.3 is 24.7 Å². The first-order valence-corrected chi connectivity index (χ1v) is 11.4. The van der Waals surface area contributed by atoms with Crippen molar-refractivity contribution in [1.82, 2.24) is 0 Å². The predicted molar refractivity (Wildman–Crippen MR) is 135 cm³/mol. The van der Waals surface area contributed by atoms with Gasteiger partial charge in [-0.25, -0.2) is 4.79 Å². The molecule has 7 heteroatoms. The molecule has 3 aromatic carbocycles. The SMILES string of the molecule is C=CCOc1cccc(C2C(C#N)=C(N)Oc3cc(OC(=O)COc4c(C)cccc4C)ccc32)c1. The van der Waals surface area contributed by atoms with Gasteiger partial charge in [0.05, 0.1) is 5.92 Å². The van der Waals surface area contributed by atoms with Gasteiger partial charge in [-0.3, -0.25) is 0 Å². The molecule has 0 saturated carbocycles.